The SMILES string of the molecule is N/N=C\N(N)c1ccc2c(c1)CC(C=O)C2. The van der Waals surface area contributed by atoms with E-state index >= 15 is 0 Å². The summed E-state index contributed by atoms with van der Waals surface area (Å²) in [5.41, 5.74) is 3.22. The summed E-state index contributed by atoms with van der Waals surface area (Å²) in [6.45, 7) is 0. The first-order chi connectivity index (χ1) is 7.74. The lowest BCUT2D eigenvalue weighted by molar-refractivity contribution is -0.110. The largest absolute Gasteiger partial charge is 0.322 e. The summed E-state index contributed by atoms with van der Waals surface area (Å²) in [5, 5.41) is 4.71. The van der Waals surface area contributed by atoms with Crippen LogP contribution in [0.3, 0.4) is 0 Å². The van der Waals surface area contributed by atoms with Crippen molar-refractivity contribution in [2.24, 2.45) is 22.7 Å². The fraction of sp³-hybridized carbons (Fsp3) is 0.273. The van der Waals surface area contributed by atoms with Crippen LogP contribution in [0.5, 0.6) is 0 Å². The lowest BCUT2D eigenvalue weighted by Crippen LogP contribution is -2.29. The van der Waals surface area contributed by atoms with Gasteiger partial charge in [-0.15, -0.1) is 0 Å². The highest BCUT2D eigenvalue weighted by atomic mass is 16.1. The molecule has 0 heterocycles. The number of benzene rings is 1. The Morgan fingerprint density at radius 3 is 2.81 bits per heavy atom. The van der Waals surface area contributed by atoms with Gasteiger partial charge in [-0.3, -0.25) is 5.01 Å². The van der Waals surface area contributed by atoms with Crippen molar-refractivity contribution in [2.45, 2.75) is 12.8 Å². The number of fused-ring (bicyclic) bond motifs is 1. The molecule has 0 radical (unpaired) electrons. The molecule has 2 rings (SSSR count). The van der Waals surface area contributed by atoms with Crippen molar-refractivity contribution < 1.29 is 4.79 Å². The zero-order valence-electron chi connectivity index (χ0n) is 8.84. The van der Waals surface area contributed by atoms with Crippen LogP contribution in [0.2, 0.25) is 0 Å². The summed E-state index contributed by atoms with van der Waals surface area (Å²) >= 11 is 0. The summed E-state index contributed by atoms with van der Waals surface area (Å²) in [6.07, 6.45) is 3.98. The number of carbonyl (C=O) groups excluding carboxylic acids is 1. The van der Waals surface area contributed by atoms with Crippen molar-refractivity contribution in [3.05, 3.63) is 29.3 Å². The molecule has 16 heavy (non-hydrogen) atoms. The molecule has 0 amide bonds. The van der Waals surface area contributed by atoms with Crippen LogP contribution in [0.1, 0.15) is 11.1 Å². The fourth-order valence-electron chi connectivity index (χ4n) is 2.03. The van der Waals surface area contributed by atoms with Gasteiger partial charge in [0.25, 0.3) is 0 Å². The third-order valence-corrected chi connectivity index (χ3v) is 2.84. The van der Waals surface area contributed by atoms with Gasteiger partial charge in [-0.2, -0.15) is 5.10 Å². The van der Waals surface area contributed by atoms with Gasteiger partial charge in [0.05, 0.1) is 5.69 Å². The number of aldehydes is 1. The van der Waals surface area contributed by atoms with E-state index < -0.39 is 0 Å². The van der Waals surface area contributed by atoms with Crippen molar-refractivity contribution in [3.8, 4) is 0 Å². The fourth-order valence-corrected chi connectivity index (χ4v) is 2.03. The number of hydrogen-bond acceptors (Lipinski definition) is 4. The Labute approximate surface area is 93.7 Å². The minimum atomic E-state index is 0.111. The lowest BCUT2D eigenvalue weighted by atomic mass is 10.1. The van der Waals surface area contributed by atoms with Gasteiger partial charge < -0.3 is 10.6 Å². The van der Waals surface area contributed by atoms with E-state index in [-0.39, 0.29) is 5.92 Å². The van der Waals surface area contributed by atoms with Gasteiger partial charge in [-0.1, -0.05) is 6.07 Å². The van der Waals surface area contributed by atoms with Crippen molar-refractivity contribution in [1.82, 2.24) is 0 Å². The van der Waals surface area contributed by atoms with Crippen LogP contribution in [-0.4, -0.2) is 12.6 Å². The van der Waals surface area contributed by atoms with Gasteiger partial charge in [-0.05, 0) is 36.1 Å². The maximum atomic E-state index is 10.7. The molecular weight excluding hydrogens is 204 g/mol. The number of nitrogens with two attached hydrogens (primary N) is 2. The van der Waals surface area contributed by atoms with E-state index in [1.165, 1.54) is 22.5 Å². The third kappa shape index (κ3) is 1.90. The second-order valence-corrected chi connectivity index (χ2v) is 3.93. The van der Waals surface area contributed by atoms with Crippen LogP contribution in [-0.2, 0) is 17.6 Å². The van der Waals surface area contributed by atoms with Gasteiger partial charge in [0.15, 0.2) is 0 Å². The molecule has 1 aliphatic rings. The van der Waals surface area contributed by atoms with Crippen molar-refractivity contribution in [3.63, 3.8) is 0 Å². The molecule has 84 valence electrons. The molecule has 0 saturated carbocycles. The first-order valence-corrected chi connectivity index (χ1v) is 5.09. The molecule has 1 unspecified atom stereocenters. The average Bonchev–Trinajstić information content (AvgIpc) is 2.70. The van der Waals surface area contributed by atoms with E-state index in [9.17, 15) is 4.79 Å². The van der Waals surface area contributed by atoms with Crippen LogP contribution < -0.4 is 16.7 Å². The van der Waals surface area contributed by atoms with Crippen molar-refractivity contribution in [2.75, 3.05) is 5.01 Å². The van der Waals surface area contributed by atoms with Crippen LogP contribution >= 0.6 is 0 Å². The minimum absolute atomic E-state index is 0.111. The standard InChI is InChI=1S/C11H14N4O/c12-14-7-15(13)11-2-1-9-3-8(6-16)4-10(9)5-11/h1-2,5-8H,3-4,12-13H2/b14-7-. The summed E-state index contributed by atoms with van der Waals surface area (Å²) in [7, 11) is 0. The molecule has 1 atom stereocenters. The Morgan fingerprint density at radius 2 is 2.12 bits per heavy atom. The molecule has 0 bridgehead atoms. The highest BCUT2D eigenvalue weighted by Gasteiger charge is 2.21. The van der Waals surface area contributed by atoms with E-state index in [1.807, 2.05) is 18.2 Å². The Kier molecular flexibility index (Phi) is 2.87. The summed E-state index contributed by atoms with van der Waals surface area (Å²) in [6, 6.07) is 5.87. The normalized spacial score (nSPS) is 18.7. The number of hydrazone groups is 1. The number of hydrogen-bond donors (Lipinski definition) is 2. The number of rotatable bonds is 3. The zero-order chi connectivity index (χ0) is 11.5. The maximum absolute atomic E-state index is 10.7. The first-order valence-electron chi connectivity index (χ1n) is 5.09. The number of nitrogens with zero attached hydrogens (tertiary/aromatic N) is 2. The number of carbonyl (C=O) groups is 1. The smallest absolute Gasteiger partial charge is 0.129 e. The summed E-state index contributed by atoms with van der Waals surface area (Å²) in [4.78, 5) is 10.7. The molecule has 0 spiro atoms. The average molecular weight is 218 g/mol. The number of anilines is 1. The van der Waals surface area contributed by atoms with E-state index in [0.29, 0.717) is 0 Å². The molecule has 4 N–H and O–H groups in total. The molecule has 5 heteroatoms. The van der Waals surface area contributed by atoms with Gasteiger partial charge in [0, 0.05) is 5.92 Å². The second kappa shape index (κ2) is 4.32. The maximum Gasteiger partial charge on any atom is 0.129 e. The highest BCUT2D eigenvalue weighted by molar-refractivity contribution is 5.77. The summed E-state index contributed by atoms with van der Waals surface area (Å²) < 4.78 is 0. The predicted octanol–water partition coefficient (Wildman–Crippen LogP) is 0.182. The predicted molar refractivity (Wildman–Crippen MR) is 62.7 cm³/mol. The van der Waals surface area contributed by atoms with Gasteiger partial charge in [0.2, 0.25) is 0 Å². The summed E-state index contributed by atoms with van der Waals surface area (Å²) in [5.74, 6) is 10.8. The molecule has 1 aromatic rings. The van der Waals surface area contributed by atoms with E-state index in [1.54, 1.807) is 0 Å². The molecule has 5 nitrogen and oxygen atoms in total. The number of hydrazine groups is 1. The topological polar surface area (TPSA) is 84.7 Å². The molecular formula is C11H14N4O. The zero-order valence-corrected chi connectivity index (χ0v) is 8.84. The molecule has 0 saturated heterocycles. The van der Waals surface area contributed by atoms with E-state index in [0.717, 1.165) is 24.8 Å². The molecule has 1 aromatic carbocycles. The van der Waals surface area contributed by atoms with Crippen molar-refractivity contribution in [1.29, 1.82) is 0 Å². The van der Waals surface area contributed by atoms with Crippen LogP contribution in [0, 0.1) is 5.92 Å². The van der Waals surface area contributed by atoms with Crippen molar-refractivity contribution >= 4 is 18.3 Å². The molecule has 0 fully saturated rings. The van der Waals surface area contributed by atoms with Crippen LogP contribution in [0.4, 0.5) is 5.69 Å². The van der Waals surface area contributed by atoms with Gasteiger partial charge >= 0.3 is 0 Å². The monoisotopic (exact) mass is 218 g/mol. The van der Waals surface area contributed by atoms with Crippen LogP contribution in [0.25, 0.3) is 0 Å². The minimum Gasteiger partial charge on any atom is -0.322 e. The first kappa shape index (κ1) is 10.6. The quantitative estimate of drug-likeness (QED) is 0.249. The molecule has 0 aromatic heterocycles. The Balaban J connectivity index is 2.25. The van der Waals surface area contributed by atoms with E-state index in [2.05, 4.69) is 5.10 Å². The molecule has 1 aliphatic carbocycles. The third-order valence-electron chi connectivity index (χ3n) is 2.84. The Bertz CT molecular complexity index is 430. The van der Waals surface area contributed by atoms with E-state index in [4.69, 9.17) is 11.7 Å². The Morgan fingerprint density at radius 1 is 1.38 bits per heavy atom. The Hall–Kier alpha value is -1.88. The van der Waals surface area contributed by atoms with Gasteiger partial charge in [0.1, 0.15) is 12.6 Å². The lowest BCUT2D eigenvalue weighted by Gasteiger charge is -2.13. The van der Waals surface area contributed by atoms with Crippen LogP contribution in [0.15, 0.2) is 23.3 Å². The second-order valence-electron chi connectivity index (χ2n) is 3.93. The highest BCUT2D eigenvalue weighted by Crippen LogP contribution is 2.28. The van der Waals surface area contributed by atoms with Gasteiger partial charge in [-0.25, -0.2) is 5.84 Å². The molecule has 0 aliphatic heterocycles.